The van der Waals surface area contributed by atoms with E-state index >= 15 is 0 Å². The van der Waals surface area contributed by atoms with E-state index in [0.717, 1.165) is 32.0 Å². The highest BCUT2D eigenvalue weighted by Gasteiger charge is 2.33. The lowest BCUT2D eigenvalue weighted by molar-refractivity contribution is -0.134. The van der Waals surface area contributed by atoms with Crippen LogP contribution < -0.4 is 5.73 Å². The van der Waals surface area contributed by atoms with Crippen molar-refractivity contribution in [2.24, 2.45) is 5.73 Å². The van der Waals surface area contributed by atoms with Gasteiger partial charge < -0.3 is 10.5 Å². The van der Waals surface area contributed by atoms with Crippen molar-refractivity contribution in [1.29, 1.82) is 0 Å². The van der Waals surface area contributed by atoms with E-state index in [1.54, 1.807) is 6.33 Å². The highest BCUT2D eigenvalue weighted by atomic mass is 16.5. The van der Waals surface area contributed by atoms with E-state index in [-0.39, 0.29) is 11.7 Å². The molecule has 1 fully saturated rings. The number of rotatable bonds is 4. The van der Waals surface area contributed by atoms with E-state index in [0.29, 0.717) is 6.54 Å². The number of ether oxygens (including phenoxy) is 1. The molecule has 18 heavy (non-hydrogen) atoms. The van der Waals surface area contributed by atoms with Crippen molar-refractivity contribution in [2.75, 3.05) is 19.6 Å². The minimum absolute atomic E-state index is 0.103. The minimum atomic E-state index is -0.153. The second kappa shape index (κ2) is 5.34. The van der Waals surface area contributed by atoms with Gasteiger partial charge in [-0.15, -0.1) is 0 Å². The SMILES string of the molecule is CCn1ncnc1CN1CC(CN)OC(C)(C)C1. The molecule has 1 aromatic heterocycles. The Morgan fingerprint density at radius 1 is 1.56 bits per heavy atom. The predicted octanol–water partition coefficient (Wildman–Crippen LogP) is 0.236. The molecule has 2 heterocycles. The van der Waals surface area contributed by atoms with Gasteiger partial charge in [-0.25, -0.2) is 9.67 Å². The smallest absolute Gasteiger partial charge is 0.140 e. The van der Waals surface area contributed by atoms with Gasteiger partial charge in [0.05, 0.1) is 18.2 Å². The molecule has 1 atom stereocenters. The molecule has 6 nitrogen and oxygen atoms in total. The van der Waals surface area contributed by atoms with Crippen molar-refractivity contribution in [3.05, 3.63) is 12.2 Å². The van der Waals surface area contributed by atoms with Gasteiger partial charge in [-0.1, -0.05) is 0 Å². The fraction of sp³-hybridized carbons (Fsp3) is 0.833. The molecule has 0 radical (unpaired) electrons. The van der Waals surface area contributed by atoms with Crippen molar-refractivity contribution in [3.8, 4) is 0 Å². The number of hydrogen-bond acceptors (Lipinski definition) is 5. The Labute approximate surface area is 108 Å². The van der Waals surface area contributed by atoms with Gasteiger partial charge >= 0.3 is 0 Å². The maximum absolute atomic E-state index is 5.92. The Bertz CT molecular complexity index is 390. The lowest BCUT2D eigenvalue weighted by Gasteiger charge is -2.42. The number of aromatic nitrogens is 3. The van der Waals surface area contributed by atoms with Gasteiger partial charge in [0.15, 0.2) is 0 Å². The van der Waals surface area contributed by atoms with Crippen LogP contribution in [0.4, 0.5) is 0 Å². The number of morpholine rings is 1. The van der Waals surface area contributed by atoms with E-state index in [4.69, 9.17) is 10.5 Å². The second-order valence-electron chi connectivity index (χ2n) is 5.40. The van der Waals surface area contributed by atoms with E-state index in [1.165, 1.54) is 0 Å². The number of nitrogens with two attached hydrogens (primary N) is 1. The van der Waals surface area contributed by atoms with Gasteiger partial charge in [0, 0.05) is 26.2 Å². The number of aryl methyl sites for hydroxylation is 1. The highest BCUT2D eigenvalue weighted by Crippen LogP contribution is 2.21. The Morgan fingerprint density at radius 2 is 2.33 bits per heavy atom. The fourth-order valence-electron chi connectivity index (χ4n) is 2.53. The van der Waals surface area contributed by atoms with E-state index in [9.17, 15) is 0 Å². The van der Waals surface area contributed by atoms with Crippen molar-refractivity contribution in [3.63, 3.8) is 0 Å². The minimum Gasteiger partial charge on any atom is -0.368 e. The third kappa shape index (κ3) is 3.07. The second-order valence-corrected chi connectivity index (χ2v) is 5.40. The molecule has 1 aliphatic heterocycles. The average molecular weight is 253 g/mol. The average Bonchev–Trinajstić information content (AvgIpc) is 2.74. The van der Waals surface area contributed by atoms with Crippen LogP contribution in [0.2, 0.25) is 0 Å². The monoisotopic (exact) mass is 253 g/mol. The molecule has 102 valence electrons. The fourth-order valence-corrected chi connectivity index (χ4v) is 2.53. The lowest BCUT2D eigenvalue weighted by Crippen LogP contribution is -2.54. The van der Waals surface area contributed by atoms with E-state index in [2.05, 4.69) is 35.8 Å². The molecule has 0 saturated carbocycles. The van der Waals surface area contributed by atoms with Crippen LogP contribution in [0.3, 0.4) is 0 Å². The van der Waals surface area contributed by atoms with Crippen molar-refractivity contribution in [1.82, 2.24) is 19.7 Å². The van der Waals surface area contributed by atoms with Crippen LogP contribution >= 0.6 is 0 Å². The summed E-state index contributed by atoms with van der Waals surface area (Å²) >= 11 is 0. The maximum Gasteiger partial charge on any atom is 0.140 e. The molecule has 0 aliphatic carbocycles. The molecule has 0 spiro atoms. The Kier molecular flexibility index (Phi) is 3.99. The molecule has 2 N–H and O–H groups in total. The first-order valence-corrected chi connectivity index (χ1v) is 6.51. The Balaban J connectivity index is 2.04. The lowest BCUT2D eigenvalue weighted by atomic mass is 10.1. The van der Waals surface area contributed by atoms with Crippen LogP contribution in [0.15, 0.2) is 6.33 Å². The Morgan fingerprint density at radius 3 is 3.00 bits per heavy atom. The maximum atomic E-state index is 5.92. The van der Waals surface area contributed by atoms with Crippen LogP contribution in [0.5, 0.6) is 0 Å². The van der Waals surface area contributed by atoms with Gasteiger partial charge in [0.1, 0.15) is 12.2 Å². The molecular weight excluding hydrogens is 230 g/mol. The molecular formula is C12H23N5O. The van der Waals surface area contributed by atoms with Crippen LogP contribution in [-0.2, 0) is 17.8 Å². The highest BCUT2D eigenvalue weighted by molar-refractivity contribution is 4.90. The molecule has 1 aliphatic rings. The summed E-state index contributed by atoms with van der Waals surface area (Å²) in [6, 6.07) is 0. The third-order valence-corrected chi connectivity index (χ3v) is 3.18. The van der Waals surface area contributed by atoms with Crippen LogP contribution in [0.25, 0.3) is 0 Å². The molecule has 0 bridgehead atoms. The van der Waals surface area contributed by atoms with E-state index < -0.39 is 0 Å². The van der Waals surface area contributed by atoms with Crippen molar-refractivity contribution < 1.29 is 4.74 Å². The quantitative estimate of drug-likeness (QED) is 0.832. The standard InChI is InChI=1S/C12H23N5O/c1-4-17-11(14-9-15-17)7-16-6-10(5-13)18-12(2,3)8-16/h9-10H,4-8,13H2,1-3H3. The van der Waals surface area contributed by atoms with Gasteiger partial charge in [0.25, 0.3) is 0 Å². The molecule has 2 rings (SSSR count). The zero-order valence-corrected chi connectivity index (χ0v) is 11.5. The third-order valence-electron chi connectivity index (χ3n) is 3.18. The molecule has 1 aromatic rings. The number of hydrogen-bond donors (Lipinski definition) is 1. The molecule has 6 heteroatoms. The number of nitrogens with zero attached hydrogens (tertiary/aromatic N) is 4. The summed E-state index contributed by atoms with van der Waals surface area (Å²) in [6.45, 7) is 10.2. The van der Waals surface area contributed by atoms with Crippen LogP contribution in [0.1, 0.15) is 26.6 Å². The van der Waals surface area contributed by atoms with Gasteiger partial charge in [-0.3, -0.25) is 4.90 Å². The van der Waals surface area contributed by atoms with Crippen molar-refractivity contribution in [2.45, 2.75) is 45.6 Å². The summed E-state index contributed by atoms with van der Waals surface area (Å²) in [7, 11) is 0. The first kappa shape index (κ1) is 13.5. The zero-order valence-electron chi connectivity index (χ0n) is 11.5. The summed E-state index contributed by atoms with van der Waals surface area (Å²) in [5.74, 6) is 1.01. The van der Waals surface area contributed by atoms with Gasteiger partial charge in [-0.05, 0) is 20.8 Å². The van der Waals surface area contributed by atoms with Gasteiger partial charge in [-0.2, -0.15) is 5.10 Å². The molecule has 0 aromatic carbocycles. The predicted molar refractivity (Wildman–Crippen MR) is 69.0 cm³/mol. The summed E-state index contributed by atoms with van der Waals surface area (Å²) < 4.78 is 7.85. The zero-order chi connectivity index (χ0) is 13.2. The molecule has 1 saturated heterocycles. The molecule has 0 amide bonds. The van der Waals surface area contributed by atoms with E-state index in [1.807, 2.05) is 4.68 Å². The summed E-state index contributed by atoms with van der Waals surface area (Å²) in [5.41, 5.74) is 5.58. The van der Waals surface area contributed by atoms with Gasteiger partial charge in [0.2, 0.25) is 0 Å². The summed E-state index contributed by atoms with van der Waals surface area (Å²) in [6.07, 6.45) is 1.72. The summed E-state index contributed by atoms with van der Waals surface area (Å²) in [5, 5.41) is 4.20. The largest absolute Gasteiger partial charge is 0.368 e. The first-order valence-electron chi connectivity index (χ1n) is 6.51. The van der Waals surface area contributed by atoms with Crippen LogP contribution in [-0.4, -0.2) is 51.0 Å². The summed E-state index contributed by atoms with van der Waals surface area (Å²) in [4.78, 5) is 6.66. The molecule has 1 unspecified atom stereocenters. The first-order chi connectivity index (χ1) is 8.54. The normalized spacial score (nSPS) is 24.3. The van der Waals surface area contributed by atoms with Crippen molar-refractivity contribution >= 4 is 0 Å². The topological polar surface area (TPSA) is 69.2 Å². The Hall–Kier alpha value is -0.980. The van der Waals surface area contributed by atoms with Crippen LogP contribution in [0, 0.1) is 0 Å².